The number of esters is 1. The highest BCUT2D eigenvalue weighted by atomic mass is 32.3. The van der Waals surface area contributed by atoms with Crippen LogP contribution in [0.25, 0.3) is 0 Å². The van der Waals surface area contributed by atoms with Gasteiger partial charge in [0.1, 0.15) is 6.61 Å². The van der Waals surface area contributed by atoms with E-state index in [9.17, 15) is 27.6 Å². The molecule has 0 fully saturated rings. The van der Waals surface area contributed by atoms with Gasteiger partial charge in [0.05, 0.1) is 18.7 Å². The Morgan fingerprint density at radius 3 is 2.33 bits per heavy atom. The Kier molecular flexibility index (Phi) is 9.47. The lowest BCUT2D eigenvalue weighted by Crippen LogP contribution is -2.38. The molecular formula is C11H19F3N2O6S2. The molecule has 13 heteroatoms. The van der Waals surface area contributed by atoms with E-state index in [0.717, 1.165) is 0 Å². The summed E-state index contributed by atoms with van der Waals surface area (Å²) in [5, 5.41) is 2.46. The molecule has 0 aromatic rings. The predicted octanol–water partition coefficient (Wildman–Crippen LogP) is 1.43. The maximum atomic E-state index is 12.4. The highest BCUT2D eigenvalue weighted by Crippen LogP contribution is 2.57. The van der Waals surface area contributed by atoms with Gasteiger partial charge in [0.25, 0.3) is 0 Å². The molecule has 0 aliphatic carbocycles. The Hall–Kier alpha value is -1.18. The van der Waals surface area contributed by atoms with Gasteiger partial charge in [0.2, 0.25) is 11.8 Å². The fourth-order valence-corrected chi connectivity index (χ4v) is 2.32. The molecule has 0 aromatic heterocycles. The van der Waals surface area contributed by atoms with Gasteiger partial charge >= 0.3 is 11.5 Å². The standard InChI is InChI=1S/C11H19F3N2O6S2/c1-16(24(20,21)11(12,13)14)9(18)3-4-10(19)22-6-5-15-8(17)7-23-2/h20-21H,3-7H2,1-2H3,(H,15,17). The Morgan fingerprint density at radius 2 is 1.83 bits per heavy atom. The van der Waals surface area contributed by atoms with Crippen LogP contribution in [0, 0.1) is 0 Å². The summed E-state index contributed by atoms with van der Waals surface area (Å²) in [6, 6.07) is 0. The summed E-state index contributed by atoms with van der Waals surface area (Å²) in [5.41, 5.74) is -5.38. The molecule has 8 nitrogen and oxygen atoms in total. The first-order valence-corrected chi connectivity index (χ1v) is 9.35. The molecule has 0 aromatic carbocycles. The predicted molar refractivity (Wildman–Crippen MR) is 83.3 cm³/mol. The van der Waals surface area contributed by atoms with E-state index >= 15 is 0 Å². The van der Waals surface area contributed by atoms with Gasteiger partial charge in [0.15, 0.2) is 0 Å². The number of thioether (sulfide) groups is 1. The number of ether oxygens (including phenoxy) is 1. The molecule has 24 heavy (non-hydrogen) atoms. The van der Waals surface area contributed by atoms with Crippen molar-refractivity contribution in [1.29, 1.82) is 0 Å². The number of nitrogens with zero attached hydrogens (tertiary/aromatic N) is 1. The fraction of sp³-hybridized carbons (Fsp3) is 0.727. The minimum absolute atomic E-state index is 0.0631. The molecule has 0 bridgehead atoms. The number of alkyl halides is 3. The molecule has 0 heterocycles. The second-order valence-electron chi connectivity index (χ2n) is 4.36. The average molecular weight is 396 g/mol. The molecule has 3 N–H and O–H groups in total. The third-order valence-electron chi connectivity index (χ3n) is 2.55. The Labute approximate surface area is 142 Å². The number of halogens is 3. The zero-order valence-electron chi connectivity index (χ0n) is 13.0. The van der Waals surface area contributed by atoms with Crippen LogP contribution in [0.3, 0.4) is 0 Å². The lowest BCUT2D eigenvalue weighted by Gasteiger charge is -2.40. The molecule has 0 spiro atoms. The van der Waals surface area contributed by atoms with Gasteiger partial charge < -0.3 is 10.1 Å². The van der Waals surface area contributed by atoms with Crippen molar-refractivity contribution in [3.63, 3.8) is 0 Å². The number of carbonyl (C=O) groups excluding carboxylic acids is 3. The summed E-state index contributed by atoms with van der Waals surface area (Å²) >= 11 is 1.31. The third-order valence-corrected chi connectivity index (χ3v) is 4.69. The maximum absolute atomic E-state index is 12.4. The van der Waals surface area contributed by atoms with Crippen LogP contribution >= 0.6 is 22.5 Å². The van der Waals surface area contributed by atoms with Gasteiger partial charge in [-0.1, -0.05) is 0 Å². The lowest BCUT2D eigenvalue weighted by molar-refractivity contribution is -0.145. The van der Waals surface area contributed by atoms with Crippen LogP contribution in [0.2, 0.25) is 0 Å². The fourth-order valence-electron chi connectivity index (χ4n) is 1.27. The quantitative estimate of drug-likeness (QED) is 0.399. The van der Waals surface area contributed by atoms with E-state index in [-0.39, 0.29) is 29.1 Å². The van der Waals surface area contributed by atoms with E-state index < -0.39 is 41.0 Å². The monoisotopic (exact) mass is 396 g/mol. The van der Waals surface area contributed by atoms with Crippen molar-refractivity contribution < 1.29 is 41.4 Å². The van der Waals surface area contributed by atoms with E-state index in [2.05, 4.69) is 10.1 Å². The molecule has 0 saturated heterocycles. The lowest BCUT2D eigenvalue weighted by atomic mass is 10.3. The molecule has 0 unspecified atom stereocenters. The molecule has 142 valence electrons. The summed E-state index contributed by atoms with van der Waals surface area (Å²) in [5.74, 6) is -2.12. The van der Waals surface area contributed by atoms with Crippen molar-refractivity contribution >= 4 is 40.3 Å². The first-order chi connectivity index (χ1) is 10.9. The van der Waals surface area contributed by atoms with Crippen molar-refractivity contribution in [2.75, 3.05) is 32.2 Å². The number of hydrogen-bond acceptors (Lipinski definition) is 7. The Morgan fingerprint density at radius 1 is 1.25 bits per heavy atom. The van der Waals surface area contributed by atoms with E-state index in [4.69, 9.17) is 9.11 Å². The number of nitrogens with one attached hydrogen (secondary N) is 1. The Balaban J connectivity index is 4.14. The van der Waals surface area contributed by atoms with Gasteiger partial charge in [0, 0.05) is 13.5 Å². The zero-order valence-corrected chi connectivity index (χ0v) is 14.6. The first-order valence-electron chi connectivity index (χ1n) is 6.46. The van der Waals surface area contributed by atoms with Gasteiger partial charge in [-0.25, -0.2) is 4.31 Å². The molecule has 2 amide bonds. The smallest absolute Gasteiger partial charge is 0.464 e. The van der Waals surface area contributed by atoms with Crippen molar-refractivity contribution in [1.82, 2.24) is 9.62 Å². The summed E-state index contributed by atoms with van der Waals surface area (Å²) in [6.07, 6.45) is 0.525. The normalized spacial score (nSPS) is 12.5. The molecule has 0 aliphatic rings. The SMILES string of the molecule is CSCC(=O)NCCOC(=O)CCC(=O)N(C)S(O)(O)C(F)(F)F. The zero-order chi connectivity index (χ0) is 19.0. The van der Waals surface area contributed by atoms with Crippen molar-refractivity contribution in [3.8, 4) is 0 Å². The van der Waals surface area contributed by atoms with Crippen LogP contribution < -0.4 is 5.32 Å². The molecular weight excluding hydrogens is 377 g/mol. The van der Waals surface area contributed by atoms with Gasteiger partial charge in [-0.05, 0) is 17.0 Å². The second kappa shape index (κ2) is 9.96. The minimum Gasteiger partial charge on any atom is -0.464 e. The highest BCUT2D eigenvalue weighted by molar-refractivity contribution is 8.23. The van der Waals surface area contributed by atoms with E-state index in [1.54, 1.807) is 6.26 Å². The van der Waals surface area contributed by atoms with Gasteiger partial charge in [-0.3, -0.25) is 23.5 Å². The Bertz CT molecular complexity index is 462. The van der Waals surface area contributed by atoms with Gasteiger partial charge in [-0.2, -0.15) is 24.9 Å². The number of carbonyl (C=O) groups is 3. The summed E-state index contributed by atoms with van der Waals surface area (Å²) in [4.78, 5) is 33.9. The van der Waals surface area contributed by atoms with Crippen LogP contribution in [0.4, 0.5) is 13.2 Å². The third kappa shape index (κ3) is 7.59. The van der Waals surface area contributed by atoms with Crippen molar-refractivity contribution in [3.05, 3.63) is 0 Å². The average Bonchev–Trinajstić information content (AvgIpc) is 2.47. The number of rotatable bonds is 9. The van der Waals surface area contributed by atoms with Crippen molar-refractivity contribution in [2.24, 2.45) is 0 Å². The van der Waals surface area contributed by atoms with Crippen molar-refractivity contribution in [2.45, 2.75) is 18.3 Å². The molecule has 0 radical (unpaired) electrons. The maximum Gasteiger partial charge on any atom is 0.514 e. The van der Waals surface area contributed by atoms with E-state index in [1.165, 1.54) is 11.8 Å². The number of amides is 2. The van der Waals surface area contributed by atoms with Crippen LogP contribution in [0.1, 0.15) is 12.8 Å². The molecule has 0 aliphatic heterocycles. The summed E-state index contributed by atoms with van der Waals surface area (Å²) in [7, 11) is -4.70. The largest absolute Gasteiger partial charge is 0.514 e. The van der Waals surface area contributed by atoms with E-state index in [0.29, 0.717) is 7.05 Å². The van der Waals surface area contributed by atoms with Crippen LogP contribution in [0.5, 0.6) is 0 Å². The first kappa shape index (κ1) is 22.8. The molecule has 0 rings (SSSR count). The molecule has 0 atom stereocenters. The summed E-state index contributed by atoms with van der Waals surface area (Å²) < 4.78 is 59.6. The van der Waals surface area contributed by atoms with E-state index in [1.807, 2.05) is 0 Å². The topological polar surface area (TPSA) is 116 Å². The van der Waals surface area contributed by atoms with Crippen LogP contribution in [-0.4, -0.2) is 68.9 Å². The van der Waals surface area contributed by atoms with Crippen LogP contribution in [0.15, 0.2) is 0 Å². The molecule has 0 saturated carbocycles. The highest BCUT2D eigenvalue weighted by Gasteiger charge is 2.50. The number of hydrogen-bond donors (Lipinski definition) is 3. The minimum atomic E-state index is -5.38. The summed E-state index contributed by atoms with van der Waals surface area (Å²) in [6.45, 7) is -0.0890. The van der Waals surface area contributed by atoms with Crippen LogP contribution in [-0.2, 0) is 19.1 Å². The second-order valence-corrected chi connectivity index (χ2v) is 7.27. The van der Waals surface area contributed by atoms with Gasteiger partial charge in [-0.15, -0.1) is 0 Å².